The van der Waals surface area contributed by atoms with Gasteiger partial charge in [-0.25, -0.2) is 4.39 Å². The molecule has 0 bridgehead atoms. The first-order valence-corrected chi connectivity index (χ1v) is 8.81. The molecule has 2 atom stereocenters. The van der Waals surface area contributed by atoms with Crippen molar-refractivity contribution in [2.45, 2.75) is 18.9 Å². The highest BCUT2D eigenvalue weighted by Crippen LogP contribution is 2.18. The second kappa shape index (κ2) is 8.14. The number of amides is 2. The van der Waals surface area contributed by atoms with E-state index in [1.807, 2.05) is 19.3 Å². The molecule has 1 aliphatic heterocycles. The fourth-order valence-electron chi connectivity index (χ4n) is 3.50. The molecule has 3 rings (SSSR count). The molecule has 26 heavy (non-hydrogen) atoms. The van der Waals surface area contributed by atoms with Crippen LogP contribution in [0, 0.1) is 5.82 Å². The van der Waals surface area contributed by atoms with Gasteiger partial charge in [0, 0.05) is 31.8 Å². The Bertz CT molecular complexity index is 772. The number of rotatable bonds is 6. The number of hydrogen-bond donors (Lipinski definition) is 3. The van der Waals surface area contributed by atoms with E-state index in [1.165, 1.54) is 34.9 Å². The lowest BCUT2D eigenvalue weighted by atomic mass is 10.1. The summed E-state index contributed by atoms with van der Waals surface area (Å²) in [6.07, 6.45) is 4.17. The van der Waals surface area contributed by atoms with Crippen LogP contribution in [-0.2, 0) is 16.6 Å². The van der Waals surface area contributed by atoms with Crippen molar-refractivity contribution >= 4 is 17.5 Å². The smallest absolute Gasteiger partial charge is 0.275 e. The summed E-state index contributed by atoms with van der Waals surface area (Å²) in [5, 5.41) is 5.30. The Morgan fingerprint density at radius 2 is 2.00 bits per heavy atom. The van der Waals surface area contributed by atoms with Crippen molar-refractivity contribution < 1.29 is 18.9 Å². The lowest BCUT2D eigenvalue weighted by molar-refractivity contribution is -0.911. The molecule has 1 unspecified atom stereocenters. The molecule has 2 amide bonds. The van der Waals surface area contributed by atoms with Crippen LogP contribution < -0.4 is 15.5 Å². The second-order valence-corrected chi connectivity index (χ2v) is 6.66. The summed E-state index contributed by atoms with van der Waals surface area (Å²) in [5.74, 6) is -0.839. The largest absolute Gasteiger partial charge is 0.350 e. The van der Waals surface area contributed by atoms with E-state index < -0.39 is 0 Å². The predicted octanol–water partition coefficient (Wildman–Crippen LogP) is 0.639. The molecule has 0 aliphatic carbocycles. The summed E-state index contributed by atoms with van der Waals surface area (Å²) in [6, 6.07) is 9.94. The van der Waals surface area contributed by atoms with Crippen molar-refractivity contribution in [3.05, 3.63) is 54.1 Å². The Balaban J connectivity index is 1.47. The number of likely N-dealkylation sites (tertiary alicyclic amines) is 1. The van der Waals surface area contributed by atoms with Crippen molar-refractivity contribution in [1.29, 1.82) is 0 Å². The van der Waals surface area contributed by atoms with E-state index in [2.05, 4.69) is 21.3 Å². The minimum Gasteiger partial charge on any atom is -0.350 e. The molecule has 1 saturated heterocycles. The maximum atomic E-state index is 12.9. The number of quaternary nitrogens is 1. The summed E-state index contributed by atoms with van der Waals surface area (Å²) in [4.78, 5) is 25.4. The fourth-order valence-corrected chi connectivity index (χ4v) is 3.50. The Morgan fingerprint density at radius 3 is 2.69 bits per heavy atom. The van der Waals surface area contributed by atoms with Gasteiger partial charge in [-0.15, -0.1) is 0 Å². The Labute approximate surface area is 152 Å². The van der Waals surface area contributed by atoms with Crippen LogP contribution in [0.4, 0.5) is 10.1 Å². The van der Waals surface area contributed by atoms with E-state index in [1.54, 1.807) is 0 Å². The van der Waals surface area contributed by atoms with Crippen molar-refractivity contribution in [3.63, 3.8) is 0 Å². The van der Waals surface area contributed by atoms with Crippen molar-refractivity contribution in [2.75, 3.05) is 25.0 Å². The molecule has 2 heterocycles. The van der Waals surface area contributed by atoms with Crippen molar-refractivity contribution in [1.82, 2.24) is 9.88 Å². The van der Waals surface area contributed by atoms with Crippen LogP contribution in [0.15, 0.2) is 42.6 Å². The van der Waals surface area contributed by atoms with Crippen LogP contribution in [-0.4, -0.2) is 36.0 Å². The highest BCUT2D eigenvalue weighted by atomic mass is 19.1. The third kappa shape index (κ3) is 4.49. The molecule has 1 aromatic carbocycles. The topological polar surface area (TPSA) is 67.6 Å². The summed E-state index contributed by atoms with van der Waals surface area (Å²) in [6.45, 7) is 1.20. The summed E-state index contributed by atoms with van der Waals surface area (Å²) < 4.78 is 15.0. The third-order valence-electron chi connectivity index (χ3n) is 4.79. The van der Waals surface area contributed by atoms with Gasteiger partial charge >= 0.3 is 0 Å². The van der Waals surface area contributed by atoms with Gasteiger partial charge in [-0.1, -0.05) is 0 Å². The summed E-state index contributed by atoms with van der Waals surface area (Å²) in [5.41, 5.74) is 1.74. The van der Waals surface area contributed by atoms with Gasteiger partial charge in [0.25, 0.3) is 5.91 Å². The molecule has 7 heteroatoms. The number of benzene rings is 1. The zero-order valence-corrected chi connectivity index (χ0v) is 14.8. The SMILES string of the molecule is Cn1cccc1[C@@H]1CCC[NH+]1CC(=O)NCC(=O)Nc1ccc(F)cc1. The summed E-state index contributed by atoms with van der Waals surface area (Å²) in [7, 11) is 2.02. The minimum atomic E-state index is -0.363. The molecule has 6 nitrogen and oxygen atoms in total. The Morgan fingerprint density at radius 1 is 1.23 bits per heavy atom. The molecule has 3 N–H and O–H groups in total. The number of nitrogens with one attached hydrogen (secondary N) is 3. The Hall–Kier alpha value is -2.67. The normalized spacial score (nSPS) is 19.3. The van der Waals surface area contributed by atoms with Gasteiger partial charge < -0.3 is 20.1 Å². The maximum absolute atomic E-state index is 12.9. The van der Waals surface area contributed by atoms with Gasteiger partial charge in [-0.3, -0.25) is 9.59 Å². The van der Waals surface area contributed by atoms with Crippen LogP contribution >= 0.6 is 0 Å². The second-order valence-electron chi connectivity index (χ2n) is 6.66. The first-order valence-electron chi connectivity index (χ1n) is 8.81. The number of hydrogen-bond acceptors (Lipinski definition) is 2. The number of carbonyl (C=O) groups excluding carboxylic acids is 2. The number of halogens is 1. The summed E-state index contributed by atoms with van der Waals surface area (Å²) >= 11 is 0. The lowest BCUT2D eigenvalue weighted by Crippen LogP contribution is -3.11. The van der Waals surface area contributed by atoms with Crippen LogP contribution in [0.2, 0.25) is 0 Å². The molecule has 1 fully saturated rings. The number of aromatic nitrogens is 1. The highest BCUT2D eigenvalue weighted by Gasteiger charge is 2.32. The Kier molecular flexibility index (Phi) is 5.68. The van der Waals surface area contributed by atoms with Gasteiger partial charge in [0.1, 0.15) is 11.9 Å². The molecule has 0 spiro atoms. The van der Waals surface area contributed by atoms with E-state index in [4.69, 9.17) is 0 Å². The van der Waals surface area contributed by atoms with Crippen molar-refractivity contribution in [3.8, 4) is 0 Å². The lowest BCUT2D eigenvalue weighted by Gasteiger charge is -2.21. The molecule has 1 aliphatic rings. The highest BCUT2D eigenvalue weighted by molar-refractivity contribution is 5.94. The van der Waals surface area contributed by atoms with E-state index in [9.17, 15) is 14.0 Å². The van der Waals surface area contributed by atoms with Gasteiger partial charge in [0.2, 0.25) is 5.91 Å². The van der Waals surface area contributed by atoms with E-state index >= 15 is 0 Å². The predicted molar refractivity (Wildman–Crippen MR) is 96.1 cm³/mol. The molecule has 1 aromatic heterocycles. The van der Waals surface area contributed by atoms with E-state index in [-0.39, 0.29) is 24.2 Å². The van der Waals surface area contributed by atoms with Gasteiger partial charge in [0.15, 0.2) is 6.54 Å². The van der Waals surface area contributed by atoms with Gasteiger partial charge in [0.05, 0.1) is 18.8 Å². The first kappa shape index (κ1) is 18.1. The molecular formula is C19H24FN4O2+. The average molecular weight is 359 g/mol. The molecule has 0 saturated carbocycles. The zero-order chi connectivity index (χ0) is 18.5. The zero-order valence-electron chi connectivity index (χ0n) is 14.8. The van der Waals surface area contributed by atoms with Gasteiger partial charge in [-0.2, -0.15) is 0 Å². The standard InChI is InChI=1S/C19H23FN4O2/c1-23-10-2-4-16(23)17-5-3-11-24(17)13-19(26)21-12-18(25)22-15-8-6-14(20)7-9-15/h2,4,6-10,17H,3,5,11-13H2,1H3,(H,21,26)(H,22,25)/p+1/t17-/m0/s1. The molecular weight excluding hydrogens is 335 g/mol. The van der Waals surface area contributed by atoms with Crippen molar-refractivity contribution in [2.24, 2.45) is 7.05 Å². The van der Waals surface area contributed by atoms with Crippen LogP contribution in [0.25, 0.3) is 0 Å². The number of anilines is 1. The van der Waals surface area contributed by atoms with Gasteiger partial charge in [-0.05, 0) is 36.4 Å². The fraction of sp³-hybridized carbons (Fsp3) is 0.368. The van der Waals surface area contributed by atoms with Crippen LogP contribution in [0.1, 0.15) is 24.6 Å². The molecule has 0 radical (unpaired) electrons. The molecule has 138 valence electrons. The monoisotopic (exact) mass is 359 g/mol. The minimum absolute atomic E-state index is 0.0989. The van der Waals surface area contributed by atoms with Crippen LogP contribution in [0.5, 0.6) is 0 Å². The average Bonchev–Trinajstić information content (AvgIpc) is 3.23. The van der Waals surface area contributed by atoms with E-state index in [0.29, 0.717) is 18.3 Å². The number of carbonyl (C=O) groups is 2. The van der Waals surface area contributed by atoms with E-state index in [0.717, 1.165) is 19.4 Å². The number of aryl methyl sites for hydroxylation is 1. The number of nitrogens with zero attached hydrogens (tertiary/aromatic N) is 1. The third-order valence-corrected chi connectivity index (χ3v) is 4.79. The molecule has 2 aromatic rings. The quantitative estimate of drug-likeness (QED) is 0.709. The first-order chi connectivity index (χ1) is 12.5. The van der Waals surface area contributed by atoms with Crippen LogP contribution in [0.3, 0.4) is 0 Å². The maximum Gasteiger partial charge on any atom is 0.275 e.